The first kappa shape index (κ1) is 43.9. The van der Waals surface area contributed by atoms with E-state index in [-0.39, 0.29) is 35.5 Å². The van der Waals surface area contributed by atoms with Crippen molar-refractivity contribution < 1.29 is 29.3 Å². The number of unbranched alkanes of at least 4 members (excludes halogenated alkanes) is 1. The van der Waals surface area contributed by atoms with E-state index in [0.717, 1.165) is 52.8 Å². The molecule has 0 saturated heterocycles. The number of aromatic hydroxyl groups is 2. The molecular formula is C40H67NO6. The fraction of sp³-hybridized carbons (Fsp3) is 0.650. The molecule has 0 bridgehead atoms. The predicted octanol–water partition coefficient (Wildman–Crippen LogP) is 8.98. The average Bonchev–Trinajstić information content (AvgIpc) is 2.94. The zero-order valence-electron chi connectivity index (χ0n) is 30.9. The van der Waals surface area contributed by atoms with Gasteiger partial charge in [0.1, 0.15) is 18.1 Å². The molecule has 7 nitrogen and oxygen atoms in total. The minimum Gasteiger partial charge on any atom is -0.507 e. The Morgan fingerprint density at radius 1 is 0.723 bits per heavy atom. The van der Waals surface area contributed by atoms with Crippen LogP contribution in [0, 0.1) is 6.92 Å². The van der Waals surface area contributed by atoms with E-state index < -0.39 is 0 Å². The van der Waals surface area contributed by atoms with Gasteiger partial charge in [-0.3, -0.25) is 9.59 Å². The molecule has 0 aliphatic rings. The van der Waals surface area contributed by atoms with Crippen molar-refractivity contribution in [2.24, 2.45) is 0 Å². The molecule has 0 fully saturated rings. The third-order valence-electron chi connectivity index (χ3n) is 7.76. The summed E-state index contributed by atoms with van der Waals surface area (Å²) in [5, 5.41) is 23.9. The van der Waals surface area contributed by atoms with Gasteiger partial charge in [-0.25, -0.2) is 0 Å². The maximum absolute atomic E-state index is 12.0. The maximum Gasteiger partial charge on any atom is 0.306 e. The van der Waals surface area contributed by atoms with Crippen LogP contribution >= 0.6 is 0 Å². The van der Waals surface area contributed by atoms with Crippen molar-refractivity contribution in [3.05, 3.63) is 57.6 Å². The third kappa shape index (κ3) is 15.6. The van der Waals surface area contributed by atoms with Gasteiger partial charge in [-0.05, 0) is 82.7 Å². The molecule has 268 valence electrons. The van der Waals surface area contributed by atoms with Crippen LogP contribution in [0.4, 0.5) is 0 Å². The monoisotopic (exact) mass is 657 g/mol. The van der Waals surface area contributed by atoms with Crippen LogP contribution in [0.2, 0.25) is 0 Å². The number of hydrogen-bond donors (Lipinski definition) is 3. The zero-order chi connectivity index (χ0) is 35.3. The van der Waals surface area contributed by atoms with E-state index >= 15 is 0 Å². The lowest BCUT2D eigenvalue weighted by atomic mass is 9.78. The van der Waals surface area contributed by atoms with Crippen LogP contribution < -0.4 is 5.32 Å². The molecular weight excluding hydrogens is 590 g/mol. The van der Waals surface area contributed by atoms with E-state index in [0.29, 0.717) is 57.0 Å². The molecule has 0 atom stereocenters. The topological polar surface area (TPSA) is 105 Å². The lowest BCUT2D eigenvalue weighted by Gasteiger charge is -2.28. The van der Waals surface area contributed by atoms with E-state index in [1.807, 2.05) is 26.0 Å². The van der Waals surface area contributed by atoms with Gasteiger partial charge in [-0.1, -0.05) is 107 Å². The molecule has 2 rings (SSSR count). The summed E-state index contributed by atoms with van der Waals surface area (Å²) in [5.41, 5.74) is 5.41. The van der Waals surface area contributed by atoms with Gasteiger partial charge in [0.2, 0.25) is 5.91 Å². The largest absolute Gasteiger partial charge is 0.507 e. The molecule has 0 radical (unpaired) electrons. The second kappa shape index (κ2) is 19.7. The first-order chi connectivity index (χ1) is 21.2. The number of ether oxygens (including phenoxy) is 2. The van der Waals surface area contributed by atoms with Crippen molar-refractivity contribution in [2.75, 3.05) is 26.4 Å². The quantitative estimate of drug-likeness (QED) is 0.147. The van der Waals surface area contributed by atoms with Crippen LogP contribution in [0.15, 0.2) is 24.3 Å². The number of carbonyl (C=O) groups excluding carboxylic acids is 2. The van der Waals surface area contributed by atoms with Crippen molar-refractivity contribution in [2.45, 2.75) is 145 Å². The molecule has 2 aromatic carbocycles. The smallest absolute Gasteiger partial charge is 0.306 e. The number of phenols is 2. The van der Waals surface area contributed by atoms with E-state index in [4.69, 9.17) is 9.47 Å². The summed E-state index contributed by atoms with van der Waals surface area (Å²) in [5.74, 6) is 0.621. The van der Waals surface area contributed by atoms with Crippen LogP contribution in [0.25, 0.3) is 0 Å². The van der Waals surface area contributed by atoms with E-state index in [2.05, 4.69) is 86.7 Å². The highest BCUT2D eigenvalue weighted by Crippen LogP contribution is 2.40. The Morgan fingerprint density at radius 3 is 1.66 bits per heavy atom. The SMILES string of the molecule is C.CCCCNC(=O)CCc1cc(C(C)(C)C)c(O)c(C(C)(C)C)c1.CCOCCOC(=O)CCc1cc(C)c(O)c(C(C)(C)C)c1. The molecule has 2 aromatic rings. The number of phenolic OH excluding ortho intramolecular Hbond substituents is 2. The molecule has 0 aromatic heterocycles. The molecule has 0 aliphatic carbocycles. The highest BCUT2D eigenvalue weighted by Gasteiger charge is 2.26. The summed E-state index contributed by atoms with van der Waals surface area (Å²) >= 11 is 0. The molecule has 0 heterocycles. The van der Waals surface area contributed by atoms with E-state index in [9.17, 15) is 19.8 Å². The van der Waals surface area contributed by atoms with Gasteiger partial charge in [0, 0.05) is 26.0 Å². The lowest BCUT2D eigenvalue weighted by molar-refractivity contribution is -0.145. The number of rotatable bonds is 13. The molecule has 1 amide bonds. The van der Waals surface area contributed by atoms with Gasteiger partial charge in [-0.2, -0.15) is 0 Å². The summed E-state index contributed by atoms with van der Waals surface area (Å²) in [7, 11) is 0. The van der Waals surface area contributed by atoms with Crippen LogP contribution in [0.3, 0.4) is 0 Å². The second-order valence-electron chi connectivity index (χ2n) is 15.2. The van der Waals surface area contributed by atoms with Gasteiger partial charge in [-0.15, -0.1) is 0 Å². The molecule has 0 saturated carbocycles. The number of aryl methyl sites for hydroxylation is 3. The third-order valence-corrected chi connectivity index (χ3v) is 7.76. The van der Waals surface area contributed by atoms with Crippen molar-refractivity contribution in [3.63, 3.8) is 0 Å². The predicted molar refractivity (Wildman–Crippen MR) is 196 cm³/mol. The number of carbonyl (C=O) groups is 2. The molecule has 0 aliphatic heterocycles. The van der Waals surface area contributed by atoms with Crippen molar-refractivity contribution in [1.29, 1.82) is 0 Å². The number of benzene rings is 2. The minimum absolute atomic E-state index is 0. The summed E-state index contributed by atoms with van der Waals surface area (Å²) in [6, 6.07) is 8.03. The average molecular weight is 658 g/mol. The molecule has 3 N–H and O–H groups in total. The van der Waals surface area contributed by atoms with Crippen molar-refractivity contribution in [3.8, 4) is 11.5 Å². The minimum atomic E-state index is -0.220. The van der Waals surface area contributed by atoms with Gasteiger partial charge in [0.05, 0.1) is 6.61 Å². The summed E-state index contributed by atoms with van der Waals surface area (Å²) in [4.78, 5) is 23.6. The lowest BCUT2D eigenvalue weighted by Crippen LogP contribution is -2.24. The number of amides is 1. The second-order valence-corrected chi connectivity index (χ2v) is 15.2. The standard InChI is InChI=1S/C21H35NO2.C18H28O4.CH4/c1-8-9-12-22-18(23)11-10-15-13-16(20(2,3)4)19(24)17(14-15)21(5,6)7;1-6-21-9-10-22-16(19)8-7-14-11-13(2)17(20)15(12-14)18(3,4)5;/h13-14,24H,8-12H2,1-7H3,(H,22,23);11-12,20H,6-10H2,1-5H3;1H4. The summed E-state index contributed by atoms with van der Waals surface area (Å²) in [6.45, 7) is 26.9. The van der Waals surface area contributed by atoms with Crippen molar-refractivity contribution in [1.82, 2.24) is 5.32 Å². The first-order valence-electron chi connectivity index (χ1n) is 16.9. The molecule has 0 spiro atoms. The number of nitrogens with one attached hydrogen (secondary N) is 1. The maximum atomic E-state index is 12.0. The van der Waals surface area contributed by atoms with Crippen LogP contribution in [0.5, 0.6) is 11.5 Å². The van der Waals surface area contributed by atoms with Gasteiger partial charge >= 0.3 is 5.97 Å². The normalized spacial score (nSPS) is 11.7. The summed E-state index contributed by atoms with van der Waals surface area (Å²) in [6.07, 6.45) is 4.24. The van der Waals surface area contributed by atoms with Crippen LogP contribution in [0.1, 0.15) is 143 Å². The number of esters is 1. The first-order valence-corrected chi connectivity index (χ1v) is 16.9. The van der Waals surface area contributed by atoms with Gasteiger partial charge in [0.15, 0.2) is 0 Å². The Labute approximate surface area is 286 Å². The zero-order valence-corrected chi connectivity index (χ0v) is 30.9. The van der Waals surface area contributed by atoms with E-state index in [1.165, 1.54) is 0 Å². The van der Waals surface area contributed by atoms with Gasteiger partial charge in [0.25, 0.3) is 0 Å². The summed E-state index contributed by atoms with van der Waals surface area (Å²) < 4.78 is 10.2. The van der Waals surface area contributed by atoms with Crippen LogP contribution in [-0.4, -0.2) is 48.5 Å². The van der Waals surface area contributed by atoms with Crippen LogP contribution in [-0.2, 0) is 48.1 Å². The molecule has 0 unspecified atom stereocenters. The fourth-order valence-electron chi connectivity index (χ4n) is 4.98. The number of hydrogen-bond acceptors (Lipinski definition) is 6. The molecule has 7 heteroatoms. The van der Waals surface area contributed by atoms with Gasteiger partial charge < -0.3 is 25.0 Å². The Bertz CT molecular complexity index is 1230. The highest BCUT2D eigenvalue weighted by atomic mass is 16.6. The molecule has 47 heavy (non-hydrogen) atoms. The Hall–Kier alpha value is -3.06. The Kier molecular flexibility index (Phi) is 18.4. The Balaban J connectivity index is 0.000000885. The Morgan fingerprint density at radius 2 is 1.19 bits per heavy atom. The highest BCUT2D eigenvalue weighted by molar-refractivity contribution is 5.76. The fourth-order valence-corrected chi connectivity index (χ4v) is 4.98. The van der Waals surface area contributed by atoms with E-state index in [1.54, 1.807) is 0 Å². The van der Waals surface area contributed by atoms with Crippen molar-refractivity contribution >= 4 is 11.9 Å².